The number of nitrogens with one attached hydrogen (secondary N) is 5. The lowest BCUT2D eigenvalue weighted by atomic mass is 10.0. The lowest BCUT2D eigenvalue weighted by Crippen LogP contribution is -2.39. The predicted molar refractivity (Wildman–Crippen MR) is 280 cm³/mol. The molecular formula is C56H64F2N10O5. The number of benzene rings is 2. The van der Waals surface area contributed by atoms with E-state index in [0.29, 0.717) is 81.3 Å². The molecule has 0 radical (unpaired) electrons. The number of hydrogen-bond acceptors (Lipinski definition) is 12. The number of aromatic nitrogens is 4. The number of aliphatic hydroxyl groups excluding tert-OH is 1. The van der Waals surface area contributed by atoms with E-state index in [2.05, 4.69) is 42.6 Å². The highest BCUT2D eigenvalue weighted by Crippen LogP contribution is 2.26. The first-order valence-corrected chi connectivity index (χ1v) is 24.2. The molecular weight excluding hydrogens is 931 g/mol. The lowest BCUT2D eigenvalue weighted by Gasteiger charge is -2.29. The third-order valence-electron chi connectivity index (χ3n) is 11.4. The van der Waals surface area contributed by atoms with Gasteiger partial charge in [0.2, 0.25) is 0 Å². The highest BCUT2D eigenvalue weighted by molar-refractivity contribution is 5.99. The summed E-state index contributed by atoms with van der Waals surface area (Å²) >= 11 is 0. The molecule has 17 heteroatoms. The number of rotatable bonds is 16. The van der Waals surface area contributed by atoms with Crippen molar-refractivity contribution in [2.45, 2.75) is 65.1 Å². The number of anilines is 2. The highest BCUT2D eigenvalue weighted by atomic mass is 19.1. The van der Waals surface area contributed by atoms with Gasteiger partial charge >= 0.3 is 6.09 Å². The van der Waals surface area contributed by atoms with Gasteiger partial charge in [-0.1, -0.05) is 48.6 Å². The quantitative estimate of drug-likeness (QED) is 0.0543. The SMILES string of the molecule is CC(C)(C)OC(=O)N1CC=C(c2ccc(C(=O)NCc3cccnc3)c(NCCc3cccc(F)c3)n2)CC1.CO.O=C(NCc1cccnc1)c1ccc(C2=CCNCC2)nc1NCCc1cccc(F)c1. The van der Waals surface area contributed by atoms with E-state index in [-0.39, 0.29) is 29.5 Å². The Morgan fingerprint density at radius 1 is 0.671 bits per heavy atom. The van der Waals surface area contributed by atoms with Crippen LogP contribution in [0.15, 0.2) is 134 Å². The van der Waals surface area contributed by atoms with Crippen LogP contribution in [0.25, 0.3) is 11.1 Å². The Morgan fingerprint density at radius 3 is 1.60 bits per heavy atom. The van der Waals surface area contributed by atoms with Crippen LogP contribution < -0.4 is 26.6 Å². The van der Waals surface area contributed by atoms with Crippen molar-refractivity contribution in [3.05, 3.63) is 190 Å². The van der Waals surface area contributed by atoms with Gasteiger partial charge in [-0.15, -0.1) is 0 Å². The maximum Gasteiger partial charge on any atom is 0.410 e. The molecule has 6 N–H and O–H groups in total. The van der Waals surface area contributed by atoms with Gasteiger partial charge in [-0.3, -0.25) is 19.6 Å². The summed E-state index contributed by atoms with van der Waals surface area (Å²) < 4.78 is 32.6. The molecule has 382 valence electrons. The molecule has 0 fully saturated rings. The monoisotopic (exact) mass is 995 g/mol. The van der Waals surface area contributed by atoms with Gasteiger partial charge in [-0.05, 0) is 147 Å². The Bertz CT molecular complexity index is 2820. The fourth-order valence-electron chi connectivity index (χ4n) is 7.76. The molecule has 0 spiro atoms. The fraction of sp³-hybridized carbons (Fsp3) is 0.304. The van der Waals surface area contributed by atoms with Crippen molar-refractivity contribution in [3.63, 3.8) is 0 Å². The first-order chi connectivity index (χ1) is 35.4. The van der Waals surface area contributed by atoms with E-state index in [9.17, 15) is 23.2 Å². The normalized spacial score (nSPS) is 13.1. The van der Waals surface area contributed by atoms with Crippen molar-refractivity contribution >= 4 is 40.7 Å². The standard InChI is InChI=1S/C30H34FN5O3.C25H26FN5O.CH4O/c1-30(2,3)39-29(38)36-16-12-23(13-17-36)26-10-9-25(28(37)34-20-22-7-5-14-32-19-22)27(35-26)33-15-11-21-6-4-8-24(31)18-21;26-21-5-1-3-18(15-21)8-14-29-24-22(25(32)30-17-19-4-2-11-28-16-19)6-7-23(31-24)20-9-12-27-13-10-20;1-2/h4-10,12,14,18-19H,11,13,15-17,20H2,1-3H3,(H,33,35)(H,34,37);1-7,9,11,15-16,27H,8,10,12-14,17H2,(H,29,31)(H,30,32);2H,1H3. The first kappa shape index (κ1) is 54.4. The number of carbonyl (C=O) groups excluding carboxylic acids is 3. The number of nitrogens with zero attached hydrogens (tertiary/aromatic N) is 5. The molecule has 0 atom stereocenters. The third-order valence-corrected chi connectivity index (χ3v) is 11.4. The van der Waals surface area contributed by atoms with Crippen LogP contribution in [0.5, 0.6) is 0 Å². The minimum Gasteiger partial charge on any atom is -0.444 e. The Morgan fingerprint density at radius 2 is 1.18 bits per heavy atom. The van der Waals surface area contributed by atoms with Crippen molar-refractivity contribution in [3.8, 4) is 0 Å². The number of aliphatic hydroxyl groups is 1. The summed E-state index contributed by atoms with van der Waals surface area (Å²) in [5, 5.41) is 22.7. The Kier molecular flexibility index (Phi) is 20.6. The number of carbonyl (C=O) groups is 3. The molecule has 3 amide bonds. The molecule has 15 nitrogen and oxygen atoms in total. The van der Waals surface area contributed by atoms with Crippen LogP contribution >= 0.6 is 0 Å². The minimum absolute atomic E-state index is 0.208. The van der Waals surface area contributed by atoms with Gasteiger partial charge in [-0.2, -0.15) is 0 Å². The van der Waals surface area contributed by atoms with E-state index in [1.807, 2.05) is 81.4 Å². The molecule has 0 saturated carbocycles. The van der Waals surface area contributed by atoms with Crippen LogP contribution in [0, 0.1) is 11.6 Å². The van der Waals surface area contributed by atoms with Crippen molar-refractivity contribution in [2.75, 3.05) is 57.0 Å². The molecule has 8 rings (SSSR count). The lowest BCUT2D eigenvalue weighted by molar-refractivity contribution is 0.0270. The summed E-state index contributed by atoms with van der Waals surface area (Å²) in [6, 6.07) is 27.7. The van der Waals surface area contributed by atoms with Gasteiger partial charge in [0.1, 0.15) is 28.9 Å². The molecule has 2 aromatic carbocycles. The van der Waals surface area contributed by atoms with Crippen LogP contribution in [-0.4, -0.2) is 99.8 Å². The topological polar surface area (TPSA) is 196 Å². The summed E-state index contributed by atoms with van der Waals surface area (Å²) in [6.07, 6.45) is 13.3. The molecule has 6 aromatic rings. The van der Waals surface area contributed by atoms with Gasteiger partial charge in [0.25, 0.3) is 11.8 Å². The first-order valence-electron chi connectivity index (χ1n) is 24.2. The summed E-state index contributed by atoms with van der Waals surface area (Å²) in [6.45, 7) is 9.90. The molecule has 6 heterocycles. The zero-order chi connectivity index (χ0) is 52.0. The Labute approximate surface area is 425 Å². The molecule has 0 saturated heterocycles. The Balaban J connectivity index is 0.000000234. The average molecular weight is 995 g/mol. The van der Waals surface area contributed by atoms with Gasteiger partial charge < -0.3 is 41.3 Å². The number of ether oxygens (including phenoxy) is 1. The minimum atomic E-state index is -0.553. The Hall–Kier alpha value is -7.89. The molecule has 4 aromatic heterocycles. The second-order valence-electron chi connectivity index (χ2n) is 18.0. The van der Waals surface area contributed by atoms with Gasteiger partial charge in [0.15, 0.2) is 0 Å². The van der Waals surface area contributed by atoms with Crippen molar-refractivity contribution in [1.29, 1.82) is 0 Å². The molecule has 0 aliphatic carbocycles. The molecule has 2 aliphatic heterocycles. The van der Waals surface area contributed by atoms with Crippen LogP contribution in [0.4, 0.5) is 25.2 Å². The number of pyridine rings is 4. The predicted octanol–water partition coefficient (Wildman–Crippen LogP) is 8.41. The van der Waals surface area contributed by atoms with E-state index >= 15 is 0 Å². The molecule has 73 heavy (non-hydrogen) atoms. The average Bonchev–Trinajstić information content (AvgIpc) is 3.40. The van der Waals surface area contributed by atoms with E-state index in [1.54, 1.807) is 47.9 Å². The van der Waals surface area contributed by atoms with Gasteiger partial charge in [0, 0.05) is 77.7 Å². The molecule has 2 aliphatic rings. The fourth-order valence-corrected chi connectivity index (χ4v) is 7.76. The third kappa shape index (κ3) is 17.4. The van der Waals surface area contributed by atoms with Crippen LogP contribution in [0.1, 0.15) is 88.0 Å². The highest BCUT2D eigenvalue weighted by Gasteiger charge is 2.25. The van der Waals surface area contributed by atoms with Crippen LogP contribution in [0.3, 0.4) is 0 Å². The maximum absolute atomic E-state index is 13.6. The summed E-state index contributed by atoms with van der Waals surface area (Å²) in [4.78, 5) is 57.8. The number of halogens is 2. The largest absolute Gasteiger partial charge is 0.444 e. The van der Waals surface area contributed by atoms with Crippen LogP contribution in [-0.2, 0) is 30.7 Å². The van der Waals surface area contributed by atoms with Crippen molar-refractivity contribution in [1.82, 2.24) is 40.8 Å². The molecule has 0 unspecified atom stereocenters. The zero-order valence-corrected chi connectivity index (χ0v) is 41.8. The van der Waals surface area contributed by atoms with E-state index in [1.165, 1.54) is 29.8 Å². The summed E-state index contributed by atoms with van der Waals surface area (Å²) in [5.74, 6) is -0.0332. The zero-order valence-electron chi connectivity index (χ0n) is 41.8. The van der Waals surface area contributed by atoms with E-state index in [0.717, 1.165) is 65.8 Å². The number of hydrogen-bond donors (Lipinski definition) is 6. The second-order valence-corrected chi connectivity index (χ2v) is 18.0. The van der Waals surface area contributed by atoms with E-state index in [4.69, 9.17) is 19.8 Å². The smallest absolute Gasteiger partial charge is 0.410 e. The summed E-state index contributed by atoms with van der Waals surface area (Å²) in [5.41, 5.74) is 7.63. The molecule has 0 bridgehead atoms. The van der Waals surface area contributed by atoms with Crippen molar-refractivity contribution in [2.24, 2.45) is 0 Å². The van der Waals surface area contributed by atoms with Gasteiger partial charge in [-0.25, -0.2) is 23.5 Å². The van der Waals surface area contributed by atoms with Crippen LogP contribution in [0.2, 0.25) is 0 Å². The second kappa shape index (κ2) is 27.6. The maximum atomic E-state index is 13.6. The van der Waals surface area contributed by atoms with E-state index < -0.39 is 5.60 Å². The van der Waals surface area contributed by atoms with Crippen molar-refractivity contribution < 1.29 is 33.0 Å². The summed E-state index contributed by atoms with van der Waals surface area (Å²) in [7, 11) is 1.00. The number of amides is 3. The van der Waals surface area contributed by atoms with Gasteiger partial charge in [0.05, 0.1) is 22.5 Å².